The van der Waals surface area contributed by atoms with Crippen molar-refractivity contribution in [3.05, 3.63) is 17.7 Å². The number of alkyl halides is 1. The Labute approximate surface area is 86.8 Å². The summed E-state index contributed by atoms with van der Waals surface area (Å²) in [5.41, 5.74) is 0.292. The minimum Gasteiger partial charge on any atom is -0.357 e. The third-order valence-corrected chi connectivity index (χ3v) is 2.59. The number of nitrogens with zero attached hydrogens (tertiary/aromatic N) is 2. The molecule has 1 aliphatic heterocycles. The maximum absolute atomic E-state index is 13.1. The molecule has 0 amide bonds. The Morgan fingerprint density at radius 3 is 3.07 bits per heavy atom. The normalized spacial score (nSPS) is 22.6. The van der Waals surface area contributed by atoms with Crippen LogP contribution in [0.5, 0.6) is 0 Å². The number of hydrogen-bond donors (Lipinski definition) is 0. The zero-order valence-corrected chi connectivity index (χ0v) is 8.50. The maximum atomic E-state index is 13.1. The molecule has 2 heterocycles. The topological polar surface area (TPSA) is 27.1 Å². The molecule has 0 aromatic carbocycles. The number of rotatable bonds is 2. The highest BCUT2D eigenvalue weighted by Gasteiger charge is 2.18. The fourth-order valence-electron chi connectivity index (χ4n) is 1.58. The van der Waals surface area contributed by atoms with Gasteiger partial charge in [-0.3, -0.25) is 0 Å². The first-order valence-corrected chi connectivity index (χ1v) is 5.26. The summed E-state index contributed by atoms with van der Waals surface area (Å²) in [6.07, 6.45) is 4.30. The molecule has 1 saturated heterocycles. The van der Waals surface area contributed by atoms with Crippen molar-refractivity contribution in [3.63, 3.8) is 0 Å². The van der Waals surface area contributed by atoms with Crippen LogP contribution in [0.3, 0.4) is 0 Å². The van der Waals surface area contributed by atoms with E-state index in [9.17, 15) is 4.39 Å². The van der Waals surface area contributed by atoms with Gasteiger partial charge in [0, 0.05) is 6.61 Å². The van der Waals surface area contributed by atoms with Crippen molar-refractivity contribution >= 4 is 11.6 Å². The molecule has 1 fully saturated rings. The van der Waals surface area contributed by atoms with Gasteiger partial charge in [-0.15, -0.1) is 11.6 Å². The Morgan fingerprint density at radius 2 is 2.50 bits per heavy atom. The van der Waals surface area contributed by atoms with Gasteiger partial charge in [0.05, 0.1) is 12.1 Å². The molecule has 14 heavy (non-hydrogen) atoms. The van der Waals surface area contributed by atoms with Crippen molar-refractivity contribution in [2.45, 2.75) is 31.4 Å². The van der Waals surface area contributed by atoms with Crippen molar-refractivity contribution in [3.8, 4) is 0 Å². The van der Waals surface area contributed by atoms with Crippen LogP contribution in [-0.2, 0) is 10.6 Å². The first kappa shape index (κ1) is 9.93. The molecule has 3 nitrogen and oxygen atoms in total. The van der Waals surface area contributed by atoms with Crippen LogP contribution in [0.1, 0.15) is 31.2 Å². The summed E-state index contributed by atoms with van der Waals surface area (Å²) in [5.74, 6) is -0.250. The van der Waals surface area contributed by atoms with E-state index in [1.54, 1.807) is 0 Å². The van der Waals surface area contributed by atoms with Crippen LogP contribution in [0.25, 0.3) is 0 Å². The number of aromatic nitrogens is 2. The molecule has 0 saturated carbocycles. The minimum atomic E-state index is -0.353. The van der Waals surface area contributed by atoms with E-state index in [4.69, 9.17) is 16.3 Å². The zero-order chi connectivity index (χ0) is 9.97. The van der Waals surface area contributed by atoms with E-state index in [2.05, 4.69) is 5.10 Å². The second-order valence-electron chi connectivity index (χ2n) is 3.36. The van der Waals surface area contributed by atoms with Crippen molar-refractivity contribution < 1.29 is 9.13 Å². The molecule has 5 heteroatoms. The van der Waals surface area contributed by atoms with E-state index in [0.29, 0.717) is 5.69 Å². The molecule has 1 unspecified atom stereocenters. The van der Waals surface area contributed by atoms with E-state index < -0.39 is 0 Å². The number of ether oxygens (including phenoxy) is 1. The Balaban J connectivity index is 2.14. The standard InChI is InChI=1S/C9H12ClFN2O/c10-5-8-7(11)6-13(12-8)9-3-1-2-4-14-9/h6,9H,1-5H2. The molecule has 0 aliphatic carbocycles. The second kappa shape index (κ2) is 4.28. The first-order chi connectivity index (χ1) is 6.81. The van der Waals surface area contributed by atoms with E-state index in [1.807, 2.05) is 0 Å². The highest BCUT2D eigenvalue weighted by atomic mass is 35.5. The van der Waals surface area contributed by atoms with Gasteiger partial charge in [0.2, 0.25) is 0 Å². The van der Waals surface area contributed by atoms with Gasteiger partial charge in [-0.1, -0.05) is 0 Å². The third kappa shape index (κ3) is 1.91. The van der Waals surface area contributed by atoms with E-state index in [-0.39, 0.29) is 17.9 Å². The van der Waals surface area contributed by atoms with Gasteiger partial charge in [0.1, 0.15) is 11.9 Å². The molecule has 0 bridgehead atoms. The summed E-state index contributed by atoms with van der Waals surface area (Å²) < 4.78 is 20.1. The number of halogens is 2. The van der Waals surface area contributed by atoms with Crippen molar-refractivity contribution in [1.82, 2.24) is 9.78 Å². The van der Waals surface area contributed by atoms with Gasteiger partial charge in [-0.05, 0) is 19.3 Å². The van der Waals surface area contributed by atoms with Gasteiger partial charge in [0.15, 0.2) is 5.82 Å². The van der Waals surface area contributed by atoms with Crippen LogP contribution >= 0.6 is 11.6 Å². The first-order valence-electron chi connectivity index (χ1n) is 4.72. The molecule has 78 valence electrons. The van der Waals surface area contributed by atoms with Crippen LogP contribution in [0, 0.1) is 5.82 Å². The smallest absolute Gasteiger partial charge is 0.165 e. The SMILES string of the molecule is Fc1cn(C2CCCCO2)nc1CCl. The monoisotopic (exact) mass is 218 g/mol. The van der Waals surface area contributed by atoms with Gasteiger partial charge in [0.25, 0.3) is 0 Å². The fourth-order valence-corrected chi connectivity index (χ4v) is 1.76. The van der Waals surface area contributed by atoms with Crippen molar-refractivity contribution in [2.75, 3.05) is 6.61 Å². The summed E-state index contributed by atoms with van der Waals surface area (Å²) in [6.45, 7) is 0.725. The lowest BCUT2D eigenvalue weighted by molar-refractivity contribution is -0.0397. The summed E-state index contributed by atoms with van der Waals surface area (Å²) in [7, 11) is 0. The molecule has 1 aromatic heterocycles. The Morgan fingerprint density at radius 1 is 1.64 bits per heavy atom. The molecule has 0 N–H and O–H groups in total. The third-order valence-electron chi connectivity index (χ3n) is 2.33. The highest BCUT2D eigenvalue weighted by molar-refractivity contribution is 6.16. The molecule has 0 radical (unpaired) electrons. The average molecular weight is 219 g/mol. The lowest BCUT2D eigenvalue weighted by Crippen LogP contribution is -2.18. The van der Waals surface area contributed by atoms with Gasteiger partial charge in [-0.2, -0.15) is 5.10 Å². The van der Waals surface area contributed by atoms with Crippen molar-refractivity contribution in [2.24, 2.45) is 0 Å². The molecule has 1 atom stereocenters. The molecule has 1 aliphatic rings. The summed E-state index contributed by atoms with van der Waals surface area (Å²) >= 11 is 5.53. The molecule has 0 spiro atoms. The summed E-state index contributed by atoms with van der Waals surface area (Å²) in [6, 6.07) is 0. The lowest BCUT2D eigenvalue weighted by Gasteiger charge is -2.22. The minimum absolute atomic E-state index is 0.103. The number of hydrogen-bond acceptors (Lipinski definition) is 2. The zero-order valence-electron chi connectivity index (χ0n) is 7.75. The maximum Gasteiger partial charge on any atom is 0.165 e. The largest absolute Gasteiger partial charge is 0.357 e. The fraction of sp³-hybridized carbons (Fsp3) is 0.667. The lowest BCUT2D eigenvalue weighted by atomic mass is 10.2. The Hall–Kier alpha value is -0.610. The molecular formula is C9H12ClFN2O. The summed E-state index contributed by atoms with van der Waals surface area (Å²) in [4.78, 5) is 0. The van der Waals surface area contributed by atoms with E-state index >= 15 is 0 Å². The second-order valence-corrected chi connectivity index (χ2v) is 3.63. The Kier molecular flexibility index (Phi) is 3.03. The van der Waals surface area contributed by atoms with E-state index in [0.717, 1.165) is 25.9 Å². The predicted molar refractivity (Wildman–Crippen MR) is 50.6 cm³/mol. The average Bonchev–Trinajstić information content (AvgIpc) is 2.61. The molecular weight excluding hydrogens is 207 g/mol. The predicted octanol–water partition coefficient (Wildman–Crippen LogP) is 2.46. The van der Waals surface area contributed by atoms with Gasteiger partial charge >= 0.3 is 0 Å². The van der Waals surface area contributed by atoms with Crippen LogP contribution in [0.4, 0.5) is 4.39 Å². The van der Waals surface area contributed by atoms with E-state index in [1.165, 1.54) is 10.9 Å². The van der Waals surface area contributed by atoms with Crippen molar-refractivity contribution in [1.29, 1.82) is 0 Å². The van der Waals surface area contributed by atoms with Gasteiger partial charge in [-0.25, -0.2) is 9.07 Å². The quantitative estimate of drug-likeness (QED) is 0.713. The summed E-state index contributed by atoms with van der Waals surface area (Å²) in [5, 5.41) is 4.04. The molecule has 2 rings (SSSR count). The van der Waals surface area contributed by atoms with Crippen LogP contribution in [-0.4, -0.2) is 16.4 Å². The molecule has 1 aromatic rings. The van der Waals surface area contributed by atoms with Crippen LogP contribution < -0.4 is 0 Å². The van der Waals surface area contributed by atoms with Crippen LogP contribution in [0.15, 0.2) is 6.20 Å². The Bertz CT molecular complexity index is 310. The highest BCUT2D eigenvalue weighted by Crippen LogP contribution is 2.22. The van der Waals surface area contributed by atoms with Gasteiger partial charge < -0.3 is 4.74 Å². The van der Waals surface area contributed by atoms with Crippen LogP contribution in [0.2, 0.25) is 0 Å².